The van der Waals surface area contributed by atoms with Gasteiger partial charge in [-0.1, -0.05) is 29.8 Å². The second-order valence-electron chi connectivity index (χ2n) is 6.25. The lowest BCUT2D eigenvalue weighted by molar-refractivity contribution is -0.137. The van der Waals surface area contributed by atoms with Crippen molar-refractivity contribution in [1.29, 1.82) is 0 Å². The molecule has 0 unspecified atom stereocenters. The van der Waals surface area contributed by atoms with Crippen LogP contribution in [-0.4, -0.2) is 30.9 Å². The van der Waals surface area contributed by atoms with E-state index in [1.54, 1.807) is 13.8 Å². The first-order valence-electron chi connectivity index (χ1n) is 8.72. The van der Waals surface area contributed by atoms with Crippen LogP contribution in [-0.2, 0) is 12.6 Å². The van der Waals surface area contributed by atoms with Crippen LogP contribution in [0.1, 0.15) is 47.2 Å². The molecule has 1 aromatic carbocycles. The van der Waals surface area contributed by atoms with Crippen LogP contribution in [0, 0.1) is 5.82 Å². The molecule has 1 N–H and O–H groups in total. The predicted molar refractivity (Wildman–Crippen MR) is 98.6 cm³/mol. The maximum absolute atomic E-state index is 13.1. The van der Waals surface area contributed by atoms with Crippen molar-refractivity contribution in [2.75, 3.05) is 0 Å². The van der Waals surface area contributed by atoms with Gasteiger partial charge in [0.05, 0.1) is 40.3 Å². The Morgan fingerprint density at radius 3 is 2.53 bits per heavy atom. The first-order valence-corrected chi connectivity index (χ1v) is 9.10. The normalized spacial score (nSPS) is 12.6. The fourth-order valence-corrected chi connectivity index (χ4v) is 3.14. The van der Waals surface area contributed by atoms with E-state index in [1.165, 1.54) is 10.7 Å². The molecule has 1 amide bonds. The lowest BCUT2D eigenvalue weighted by Crippen LogP contribution is -2.28. The fraction of sp³-hybridized carbons (Fsp3) is 0.278. The summed E-state index contributed by atoms with van der Waals surface area (Å²) in [5.74, 6) is -1.32. The highest BCUT2D eigenvalue weighted by atomic mass is 35.5. The summed E-state index contributed by atoms with van der Waals surface area (Å²) in [5, 5.41) is 9.86. The third-order valence-corrected chi connectivity index (χ3v) is 4.64. The molecule has 0 saturated carbocycles. The van der Waals surface area contributed by atoms with Crippen LogP contribution >= 0.6 is 11.6 Å². The average Bonchev–Trinajstić information content (AvgIpc) is 3.11. The van der Waals surface area contributed by atoms with Crippen LogP contribution in [0.3, 0.4) is 0 Å². The molecule has 0 saturated heterocycles. The zero-order valence-electron chi connectivity index (χ0n) is 15.7. The van der Waals surface area contributed by atoms with E-state index < -0.39 is 34.5 Å². The largest absolute Gasteiger partial charge is 0.417 e. The minimum atomic E-state index is -4.69. The summed E-state index contributed by atoms with van der Waals surface area (Å²) in [7, 11) is 0. The highest BCUT2D eigenvalue weighted by molar-refractivity contribution is 6.34. The Kier molecular flexibility index (Phi) is 6.01. The van der Waals surface area contributed by atoms with E-state index in [-0.39, 0.29) is 11.5 Å². The van der Waals surface area contributed by atoms with E-state index in [9.17, 15) is 22.4 Å². The van der Waals surface area contributed by atoms with Crippen molar-refractivity contribution in [3.8, 4) is 5.95 Å². The number of rotatable bonds is 5. The van der Waals surface area contributed by atoms with E-state index >= 15 is 0 Å². The van der Waals surface area contributed by atoms with Crippen molar-refractivity contribution in [3.05, 3.63) is 63.9 Å². The Balaban J connectivity index is 1.87. The van der Waals surface area contributed by atoms with E-state index in [0.29, 0.717) is 17.8 Å². The molecule has 0 radical (unpaired) electrons. The number of amides is 1. The van der Waals surface area contributed by atoms with Crippen molar-refractivity contribution in [3.63, 3.8) is 0 Å². The molecule has 30 heavy (non-hydrogen) atoms. The molecule has 2 aromatic heterocycles. The molecule has 0 aliphatic carbocycles. The molecule has 0 aliphatic rings. The number of carbonyl (C=O) groups is 1. The average molecular weight is 443 g/mol. The van der Waals surface area contributed by atoms with Gasteiger partial charge in [0.25, 0.3) is 11.9 Å². The quantitative estimate of drug-likeness (QED) is 0.605. The highest BCUT2D eigenvalue weighted by Crippen LogP contribution is 2.36. The number of carbonyl (C=O) groups excluding carboxylic acids is 1. The standard InChI is InChI=1S/C18H15ClF4N6O/c1-3-13-15(27-28-29(13)17-24-7-10(20)8-25-17)9(2)26-16(30)11-5-4-6-12(14(11)19)18(21,22)23/h4-9H,3H2,1-2H3,(H,26,30)/t9-/m1/s1. The van der Waals surface area contributed by atoms with Gasteiger partial charge in [-0.25, -0.2) is 14.4 Å². The van der Waals surface area contributed by atoms with Crippen LogP contribution in [0.4, 0.5) is 17.6 Å². The molecule has 0 fully saturated rings. The van der Waals surface area contributed by atoms with Gasteiger partial charge in [-0.2, -0.15) is 17.9 Å². The number of nitrogens with zero attached hydrogens (tertiary/aromatic N) is 5. The summed E-state index contributed by atoms with van der Waals surface area (Å²) in [5.41, 5.74) is -0.504. The van der Waals surface area contributed by atoms with Crippen LogP contribution in [0.25, 0.3) is 5.95 Å². The number of nitrogens with one attached hydrogen (secondary N) is 1. The second kappa shape index (κ2) is 8.34. The summed E-state index contributed by atoms with van der Waals surface area (Å²) in [4.78, 5) is 20.2. The molecule has 3 rings (SSSR count). The van der Waals surface area contributed by atoms with Crippen LogP contribution in [0.5, 0.6) is 0 Å². The van der Waals surface area contributed by atoms with Crippen molar-refractivity contribution in [2.45, 2.75) is 32.5 Å². The smallest absolute Gasteiger partial charge is 0.344 e. The zero-order valence-corrected chi connectivity index (χ0v) is 16.5. The first kappa shape index (κ1) is 21.6. The Bertz CT molecular complexity index is 1070. The summed E-state index contributed by atoms with van der Waals surface area (Å²) in [6.45, 7) is 3.40. The number of hydrogen-bond donors (Lipinski definition) is 1. The second-order valence-corrected chi connectivity index (χ2v) is 6.63. The summed E-state index contributed by atoms with van der Waals surface area (Å²) >= 11 is 5.81. The SMILES string of the molecule is CCc1c([C@@H](C)NC(=O)c2cccc(C(F)(F)F)c2Cl)nnn1-c1ncc(F)cn1. The minimum Gasteiger partial charge on any atom is -0.344 e. The van der Waals surface area contributed by atoms with Gasteiger partial charge in [0.1, 0.15) is 5.69 Å². The Labute approximate surface area is 173 Å². The van der Waals surface area contributed by atoms with Crippen molar-refractivity contribution >= 4 is 17.5 Å². The van der Waals surface area contributed by atoms with Crippen molar-refractivity contribution in [2.24, 2.45) is 0 Å². The van der Waals surface area contributed by atoms with Gasteiger partial charge < -0.3 is 5.32 Å². The van der Waals surface area contributed by atoms with E-state index in [2.05, 4.69) is 25.6 Å². The van der Waals surface area contributed by atoms with Gasteiger partial charge in [-0.15, -0.1) is 5.10 Å². The Morgan fingerprint density at radius 2 is 1.93 bits per heavy atom. The molecule has 12 heteroatoms. The minimum absolute atomic E-state index is 0.0893. The Hall–Kier alpha value is -3.08. The van der Waals surface area contributed by atoms with Gasteiger partial charge in [0.15, 0.2) is 5.82 Å². The molecule has 0 spiro atoms. The molecule has 0 aliphatic heterocycles. The molecular formula is C18H15ClF4N6O. The first-order chi connectivity index (χ1) is 14.1. The van der Waals surface area contributed by atoms with E-state index in [4.69, 9.17) is 11.6 Å². The third kappa shape index (κ3) is 4.25. The highest BCUT2D eigenvalue weighted by Gasteiger charge is 2.35. The molecule has 3 aromatic rings. The summed E-state index contributed by atoms with van der Waals surface area (Å²) < 4.78 is 53.5. The maximum Gasteiger partial charge on any atom is 0.417 e. The zero-order chi connectivity index (χ0) is 22.1. The lowest BCUT2D eigenvalue weighted by Gasteiger charge is -2.16. The molecule has 1 atom stereocenters. The van der Waals surface area contributed by atoms with Crippen LogP contribution in [0.2, 0.25) is 5.02 Å². The van der Waals surface area contributed by atoms with Gasteiger partial charge in [-0.3, -0.25) is 4.79 Å². The number of aromatic nitrogens is 5. The van der Waals surface area contributed by atoms with Gasteiger partial charge in [0.2, 0.25) is 0 Å². The monoisotopic (exact) mass is 442 g/mol. The van der Waals surface area contributed by atoms with Gasteiger partial charge >= 0.3 is 6.18 Å². The van der Waals surface area contributed by atoms with Crippen LogP contribution in [0.15, 0.2) is 30.6 Å². The van der Waals surface area contributed by atoms with Gasteiger partial charge in [-0.05, 0) is 25.5 Å². The molecule has 2 heterocycles. The molecule has 158 valence electrons. The number of halogens is 5. The topological polar surface area (TPSA) is 85.6 Å². The molecule has 0 bridgehead atoms. The molecule has 7 nitrogen and oxygen atoms in total. The predicted octanol–water partition coefficient (Wildman–Crippen LogP) is 3.92. The third-order valence-electron chi connectivity index (χ3n) is 4.23. The van der Waals surface area contributed by atoms with E-state index in [0.717, 1.165) is 24.5 Å². The molecular weight excluding hydrogens is 428 g/mol. The van der Waals surface area contributed by atoms with Crippen molar-refractivity contribution in [1.82, 2.24) is 30.3 Å². The van der Waals surface area contributed by atoms with Gasteiger partial charge in [0, 0.05) is 0 Å². The maximum atomic E-state index is 13.1. The van der Waals surface area contributed by atoms with Crippen LogP contribution < -0.4 is 5.32 Å². The lowest BCUT2D eigenvalue weighted by atomic mass is 10.1. The number of alkyl halides is 3. The Morgan fingerprint density at radius 1 is 1.27 bits per heavy atom. The summed E-state index contributed by atoms with van der Waals surface area (Å²) in [6, 6.07) is 2.39. The number of benzene rings is 1. The summed E-state index contributed by atoms with van der Waals surface area (Å²) in [6.07, 6.45) is -2.31. The van der Waals surface area contributed by atoms with Crippen molar-refractivity contribution < 1.29 is 22.4 Å². The number of hydrogen-bond acceptors (Lipinski definition) is 5. The fourth-order valence-electron chi connectivity index (χ4n) is 2.83. The van der Waals surface area contributed by atoms with E-state index in [1.807, 2.05) is 0 Å².